The first kappa shape index (κ1) is 11.4. The van der Waals surface area contributed by atoms with Gasteiger partial charge in [0.2, 0.25) is 0 Å². The van der Waals surface area contributed by atoms with Gasteiger partial charge in [-0.05, 0) is 30.2 Å². The van der Waals surface area contributed by atoms with E-state index in [0.29, 0.717) is 10.6 Å². The zero-order chi connectivity index (χ0) is 10.8. The van der Waals surface area contributed by atoms with E-state index >= 15 is 0 Å². The molecule has 0 fully saturated rings. The molecule has 14 heavy (non-hydrogen) atoms. The van der Waals surface area contributed by atoms with Crippen LogP contribution in [0.2, 0.25) is 5.02 Å². The van der Waals surface area contributed by atoms with Gasteiger partial charge in [-0.25, -0.2) is 8.78 Å². The second kappa shape index (κ2) is 4.24. The molecule has 0 saturated carbocycles. The van der Waals surface area contributed by atoms with Crippen LogP contribution in [0.25, 0.3) is 0 Å². The van der Waals surface area contributed by atoms with Crippen LogP contribution in [0.15, 0.2) is 18.2 Å². The first-order chi connectivity index (χ1) is 6.44. The third kappa shape index (κ3) is 2.93. The van der Waals surface area contributed by atoms with Gasteiger partial charge in [-0.1, -0.05) is 17.7 Å². The van der Waals surface area contributed by atoms with E-state index in [-0.39, 0.29) is 6.42 Å². The largest absolute Gasteiger partial charge is 0.325 e. The van der Waals surface area contributed by atoms with Crippen molar-refractivity contribution < 1.29 is 8.78 Å². The van der Waals surface area contributed by atoms with Crippen LogP contribution in [0.5, 0.6) is 0 Å². The number of hydrogen-bond acceptors (Lipinski definition) is 1. The van der Waals surface area contributed by atoms with E-state index in [2.05, 4.69) is 0 Å². The minimum Gasteiger partial charge on any atom is -0.325 e. The van der Waals surface area contributed by atoms with E-state index in [1.807, 2.05) is 0 Å². The molecule has 0 aliphatic rings. The topological polar surface area (TPSA) is 26.0 Å². The van der Waals surface area contributed by atoms with Crippen molar-refractivity contribution in [3.8, 4) is 0 Å². The van der Waals surface area contributed by atoms with Crippen LogP contribution in [0.4, 0.5) is 8.78 Å². The first-order valence-corrected chi connectivity index (χ1v) is 4.65. The normalized spacial score (nSPS) is 11.8. The lowest BCUT2D eigenvalue weighted by Gasteiger charge is -2.15. The van der Waals surface area contributed by atoms with Gasteiger partial charge in [0.15, 0.2) is 0 Å². The van der Waals surface area contributed by atoms with Gasteiger partial charge in [-0.2, -0.15) is 0 Å². The summed E-state index contributed by atoms with van der Waals surface area (Å²) >= 11 is 5.71. The molecule has 0 atom stereocenters. The molecule has 1 rings (SSSR count). The summed E-state index contributed by atoms with van der Waals surface area (Å²) in [5.74, 6) is -2.83. The fraction of sp³-hybridized carbons (Fsp3) is 0.400. The van der Waals surface area contributed by atoms with Crippen LogP contribution in [-0.4, -0.2) is 12.5 Å². The third-order valence-electron chi connectivity index (χ3n) is 2.05. The van der Waals surface area contributed by atoms with Crippen molar-refractivity contribution in [2.45, 2.75) is 19.3 Å². The lowest BCUT2D eigenvalue weighted by Crippen LogP contribution is -2.30. The molecule has 78 valence electrons. The van der Waals surface area contributed by atoms with Gasteiger partial charge in [-0.3, -0.25) is 0 Å². The zero-order valence-corrected chi connectivity index (χ0v) is 8.61. The highest BCUT2D eigenvalue weighted by Gasteiger charge is 2.27. The summed E-state index contributed by atoms with van der Waals surface area (Å²) < 4.78 is 25.9. The molecule has 0 radical (unpaired) electrons. The predicted octanol–water partition coefficient (Wildman–Crippen LogP) is 2.78. The van der Waals surface area contributed by atoms with Crippen LogP contribution in [0.1, 0.15) is 11.1 Å². The van der Waals surface area contributed by atoms with Crippen LogP contribution >= 0.6 is 11.6 Å². The Morgan fingerprint density at radius 2 is 2.07 bits per heavy atom. The summed E-state index contributed by atoms with van der Waals surface area (Å²) in [7, 11) is 0. The molecule has 1 aromatic carbocycles. The highest BCUT2D eigenvalue weighted by molar-refractivity contribution is 6.30. The van der Waals surface area contributed by atoms with Gasteiger partial charge in [0.25, 0.3) is 5.92 Å². The summed E-state index contributed by atoms with van der Waals surface area (Å²) in [6, 6.07) is 4.89. The molecular formula is C10H12ClF2N. The maximum absolute atomic E-state index is 13.0. The second-order valence-electron chi connectivity index (χ2n) is 3.31. The minimum absolute atomic E-state index is 0.327. The standard InChI is InChI=1S/C10H12ClF2N/c1-7-4-9(11)3-2-8(7)5-10(12,13)6-14/h2-4H,5-6,14H2,1H3. The average Bonchev–Trinajstić information content (AvgIpc) is 2.10. The van der Waals surface area contributed by atoms with E-state index in [1.54, 1.807) is 25.1 Å². The Balaban J connectivity index is 2.87. The molecule has 0 heterocycles. The Morgan fingerprint density at radius 3 is 2.57 bits per heavy atom. The first-order valence-electron chi connectivity index (χ1n) is 4.27. The van der Waals surface area contributed by atoms with Crippen molar-refractivity contribution >= 4 is 11.6 Å². The van der Waals surface area contributed by atoms with Crippen molar-refractivity contribution in [2.75, 3.05) is 6.54 Å². The smallest absolute Gasteiger partial charge is 0.264 e. The van der Waals surface area contributed by atoms with E-state index in [4.69, 9.17) is 17.3 Å². The number of rotatable bonds is 3. The summed E-state index contributed by atoms with van der Waals surface area (Å²) in [5.41, 5.74) is 6.31. The number of halogens is 3. The Bertz CT molecular complexity index is 326. The molecule has 0 aliphatic carbocycles. The van der Waals surface area contributed by atoms with Crippen molar-refractivity contribution in [1.82, 2.24) is 0 Å². The Morgan fingerprint density at radius 1 is 1.43 bits per heavy atom. The van der Waals surface area contributed by atoms with Crippen molar-refractivity contribution in [3.63, 3.8) is 0 Å². The highest BCUT2D eigenvalue weighted by Crippen LogP contribution is 2.23. The van der Waals surface area contributed by atoms with Gasteiger partial charge < -0.3 is 5.73 Å². The number of benzene rings is 1. The van der Waals surface area contributed by atoms with E-state index in [1.165, 1.54) is 0 Å². The van der Waals surface area contributed by atoms with E-state index in [0.717, 1.165) is 5.56 Å². The maximum atomic E-state index is 13.0. The molecule has 0 aliphatic heterocycles. The molecule has 0 amide bonds. The molecule has 1 aromatic rings. The summed E-state index contributed by atoms with van der Waals surface area (Å²) in [6.07, 6.45) is -0.327. The Hall–Kier alpha value is -0.670. The lowest BCUT2D eigenvalue weighted by molar-refractivity contribution is 0.0113. The van der Waals surface area contributed by atoms with Crippen LogP contribution in [0.3, 0.4) is 0 Å². The molecule has 2 N–H and O–H groups in total. The zero-order valence-electron chi connectivity index (χ0n) is 7.86. The van der Waals surface area contributed by atoms with Gasteiger partial charge in [-0.15, -0.1) is 0 Å². The average molecular weight is 220 g/mol. The van der Waals surface area contributed by atoms with Gasteiger partial charge >= 0.3 is 0 Å². The van der Waals surface area contributed by atoms with Gasteiger partial charge in [0.05, 0.1) is 6.54 Å². The van der Waals surface area contributed by atoms with Crippen LogP contribution < -0.4 is 5.73 Å². The lowest BCUT2D eigenvalue weighted by atomic mass is 10.0. The van der Waals surface area contributed by atoms with Crippen LogP contribution in [-0.2, 0) is 6.42 Å². The third-order valence-corrected chi connectivity index (χ3v) is 2.29. The SMILES string of the molecule is Cc1cc(Cl)ccc1CC(F)(F)CN. The monoisotopic (exact) mass is 219 g/mol. The van der Waals surface area contributed by atoms with Gasteiger partial charge in [0, 0.05) is 11.4 Å². The Labute approximate surface area is 86.9 Å². The molecule has 0 aromatic heterocycles. The number of aryl methyl sites for hydroxylation is 1. The molecule has 0 saturated heterocycles. The quantitative estimate of drug-likeness (QED) is 0.831. The molecule has 4 heteroatoms. The fourth-order valence-electron chi connectivity index (χ4n) is 1.21. The second-order valence-corrected chi connectivity index (χ2v) is 3.74. The summed E-state index contributed by atoms with van der Waals surface area (Å²) in [6.45, 7) is 1.13. The molecule has 0 unspecified atom stereocenters. The molecule has 0 bridgehead atoms. The summed E-state index contributed by atoms with van der Waals surface area (Å²) in [5, 5.41) is 0.558. The Kier molecular flexibility index (Phi) is 3.45. The number of nitrogens with two attached hydrogens (primary N) is 1. The highest BCUT2D eigenvalue weighted by atomic mass is 35.5. The maximum Gasteiger partial charge on any atom is 0.264 e. The van der Waals surface area contributed by atoms with E-state index in [9.17, 15) is 8.78 Å². The molecule has 0 spiro atoms. The molecule has 1 nitrogen and oxygen atoms in total. The van der Waals surface area contributed by atoms with E-state index < -0.39 is 12.5 Å². The fourth-order valence-corrected chi connectivity index (χ4v) is 1.44. The number of hydrogen-bond donors (Lipinski definition) is 1. The number of alkyl halides is 2. The minimum atomic E-state index is -2.83. The van der Waals surface area contributed by atoms with Crippen molar-refractivity contribution in [2.24, 2.45) is 5.73 Å². The summed E-state index contributed by atoms with van der Waals surface area (Å²) in [4.78, 5) is 0. The van der Waals surface area contributed by atoms with Crippen molar-refractivity contribution in [3.05, 3.63) is 34.3 Å². The predicted molar refractivity (Wildman–Crippen MR) is 53.9 cm³/mol. The molecular weight excluding hydrogens is 208 g/mol. The van der Waals surface area contributed by atoms with Gasteiger partial charge in [0.1, 0.15) is 0 Å². The van der Waals surface area contributed by atoms with Crippen LogP contribution in [0, 0.1) is 6.92 Å². The van der Waals surface area contributed by atoms with Crippen molar-refractivity contribution in [1.29, 1.82) is 0 Å².